The van der Waals surface area contributed by atoms with E-state index in [1.54, 1.807) is 7.11 Å². The second kappa shape index (κ2) is 9.22. The van der Waals surface area contributed by atoms with E-state index in [9.17, 15) is 0 Å². The number of halogens is 3. The van der Waals surface area contributed by atoms with Crippen molar-refractivity contribution in [3.05, 3.63) is 57.5 Å². The third-order valence-corrected chi connectivity index (χ3v) is 3.65. The van der Waals surface area contributed by atoms with Crippen LogP contribution in [0, 0.1) is 0 Å². The number of methoxy groups -OCH3 is 1. The SMILES string of the molecule is COc1ccccc1NC(N)=NCc1ccc(Br)cc1Cl.I. The molecule has 2 rings (SSSR count). The van der Waals surface area contributed by atoms with Crippen molar-refractivity contribution in [3.63, 3.8) is 0 Å². The second-order valence-electron chi connectivity index (χ2n) is 4.26. The molecule has 0 spiro atoms. The molecule has 0 atom stereocenters. The maximum Gasteiger partial charge on any atom is 0.193 e. The van der Waals surface area contributed by atoms with Crippen molar-refractivity contribution in [2.45, 2.75) is 6.54 Å². The Morgan fingerprint density at radius 3 is 2.73 bits per heavy atom. The number of nitrogens with zero attached hydrogens (tertiary/aromatic N) is 1. The van der Waals surface area contributed by atoms with Gasteiger partial charge in [0, 0.05) is 9.50 Å². The van der Waals surface area contributed by atoms with E-state index in [-0.39, 0.29) is 24.0 Å². The van der Waals surface area contributed by atoms with Gasteiger partial charge in [0.2, 0.25) is 0 Å². The molecule has 0 aliphatic carbocycles. The first kappa shape index (κ1) is 19.1. The Bertz CT molecular complexity index is 667. The van der Waals surface area contributed by atoms with Gasteiger partial charge in [0.05, 0.1) is 19.3 Å². The highest BCUT2D eigenvalue weighted by Gasteiger charge is 2.03. The Labute approximate surface area is 160 Å². The fourth-order valence-corrected chi connectivity index (χ4v) is 2.48. The van der Waals surface area contributed by atoms with Crippen LogP contribution in [0.2, 0.25) is 5.02 Å². The third kappa shape index (κ3) is 5.33. The molecule has 4 nitrogen and oxygen atoms in total. The van der Waals surface area contributed by atoms with Gasteiger partial charge in [-0.3, -0.25) is 0 Å². The Morgan fingerprint density at radius 1 is 1.32 bits per heavy atom. The molecule has 0 saturated carbocycles. The van der Waals surface area contributed by atoms with Gasteiger partial charge < -0.3 is 15.8 Å². The lowest BCUT2D eigenvalue weighted by molar-refractivity contribution is 0.417. The minimum atomic E-state index is 0. The third-order valence-electron chi connectivity index (χ3n) is 2.80. The summed E-state index contributed by atoms with van der Waals surface area (Å²) in [5, 5.41) is 3.66. The summed E-state index contributed by atoms with van der Waals surface area (Å²) in [6.45, 7) is 0.403. The van der Waals surface area contributed by atoms with Gasteiger partial charge in [-0.2, -0.15) is 0 Å². The lowest BCUT2D eigenvalue weighted by atomic mass is 10.2. The highest BCUT2D eigenvalue weighted by atomic mass is 127. The smallest absolute Gasteiger partial charge is 0.193 e. The number of aliphatic imine (C=N–C) groups is 1. The van der Waals surface area contributed by atoms with Crippen LogP contribution in [0.5, 0.6) is 5.75 Å². The van der Waals surface area contributed by atoms with E-state index in [1.165, 1.54) is 0 Å². The van der Waals surface area contributed by atoms with E-state index in [1.807, 2.05) is 42.5 Å². The number of anilines is 1. The summed E-state index contributed by atoms with van der Waals surface area (Å²) in [4.78, 5) is 4.28. The zero-order chi connectivity index (χ0) is 15.2. The van der Waals surface area contributed by atoms with Gasteiger partial charge in [-0.05, 0) is 29.8 Å². The summed E-state index contributed by atoms with van der Waals surface area (Å²) < 4.78 is 6.17. The highest BCUT2D eigenvalue weighted by Crippen LogP contribution is 2.23. The monoisotopic (exact) mass is 495 g/mol. The molecule has 0 amide bonds. The minimum absolute atomic E-state index is 0. The number of para-hydroxylation sites is 2. The van der Waals surface area contributed by atoms with E-state index in [0.29, 0.717) is 23.3 Å². The van der Waals surface area contributed by atoms with Crippen LogP contribution in [0.1, 0.15) is 5.56 Å². The lowest BCUT2D eigenvalue weighted by Gasteiger charge is -2.10. The van der Waals surface area contributed by atoms with E-state index in [2.05, 4.69) is 26.2 Å². The van der Waals surface area contributed by atoms with Gasteiger partial charge in [-0.25, -0.2) is 4.99 Å². The Hall–Kier alpha value is -0.990. The Kier molecular flexibility index (Phi) is 7.98. The summed E-state index contributed by atoms with van der Waals surface area (Å²) in [7, 11) is 1.61. The van der Waals surface area contributed by atoms with E-state index in [0.717, 1.165) is 15.7 Å². The lowest BCUT2D eigenvalue weighted by Crippen LogP contribution is -2.22. The van der Waals surface area contributed by atoms with Gasteiger partial charge in [-0.1, -0.05) is 45.7 Å². The minimum Gasteiger partial charge on any atom is -0.495 e. The number of rotatable bonds is 4. The highest BCUT2D eigenvalue weighted by molar-refractivity contribution is 14.0. The quantitative estimate of drug-likeness (QED) is 0.368. The predicted molar refractivity (Wildman–Crippen MR) is 107 cm³/mol. The number of nitrogens with two attached hydrogens (primary N) is 1. The van der Waals surface area contributed by atoms with E-state index < -0.39 is 0 Å². The largest absolute Gasteiger partial charge is 0.495 e. The van der Waals surface area contributed by atoms with Crippen molar-refractivity contribution in [2.75, 3.05) is 12.4 Å². The van der Waals surface area contributed by atoms with Gasteiger partial charge in [0.15, 0.2) is 5.96 Å². The van der Waals surface area contributed by atoms with Gasteiger partial charge in [0.25, 0.3) is 0 Å². The molecule has 0 radical (unpaired) electrons. The molecule has 2 aromatic rings. The summed E-state index contributed by atoms with van der Waals surface area (Å²) in [5.74, 6) is 1.01. The van der Waals surface area contributed by atoms with Crippen LogP contribution in [0.15, 0.2) is 51.9 Å². The first-order valence-electron chi connectivity index (χ1n) is 6.24. The van der Waals surface area contributed by atoms with Crippen molar-refractivity contribution in [1.29, 1.82) is 0 Å². The fourth-order valence-electron chi connectivity index (χ4n) is 1.75. The predicted octanol–water partition coefficient (Wildman–Crippen LogP) is 4.66. The normalized spacial score (nSPS) is 10.8. The summed E-state index contributed by atoms with van der Waals surface area (Å²) >= 11 is 9.51. The molecular weight excluding hydrogens is 480 g/mol. The molecule has 7 heteroatoms. The molecule has 22 heavy (non-hydrogen) atoms. The zero-order valence-electron chi connectivity index (χ0n) is 11.8. The molecule has 0 saturated heterocycles. The molecule has 0 heterocycles. The number of benzene rings is 2. The number of nitrogens with one attached hydrogen (secondary N) is 1. The summed E-state index contributed by atoms with van der Waals surface area (Å²) in [6, 6.07) is 13.2. The molecule has 0 unspecified atom stereocenters. The molecule has 0 aromatic heterocycles. The van der Waals surface area contributed by atoms with Crippen LogP contribution in [-0.4, -0.2) is 13.1 Å². The molecule has 0 fully saturated rings. The van der Waals surface area contributed by atoms with Gasteiger partial charge >= 0.3 is 0 Å². The molecule has 3 N–H and O–H groups in total. The number of guanidine groups is 1. The summed E-state index contributed by atoms with van der Waals surface area (Å²) in [5.41, 5.74) is 7.56. The fraction of sp³-hybridized carbons (Fsp3) is 0.133. The number of hydrogen-bond donors (Lipinski definition) is 2. The summed E-state index contributed by atoms with van der Waals surface area (Å²) in [6.07, 6.45) is 0. The molecule has 0 bridgehead atoms. The van der Waals surface area contributed by atoms with Crippen LogP contribution < -0.4 is 15.8 Å². The number of ether oxygens (including phenoxy) is 1. The zero-order valence-corrected chi connectivity index (χ0v) is 16.5. The molecule has 2 aromatic carbocycles. The molecule has 0 aliphatic heterocycles. The van der Waals surface area contributed by atoms with Crippen LogP contribution in [0.25, 0.3) is 0 Å². The second-order valence-corrected chi connectivity index (χ2v) is 5.59. The van der Waals surface area contributed by atoms with Crippen molar-refractivity contribution in [2.24, 2.45) is 10.7 Å². The average Bonchev–Trinajstić information content (AvgIpc) is 2.47. The van der Waals surface area contributed by atoms with Gasteiger partial charge in [-0.15, -0.1) is 24.0 Å². The van der Waals surface area contributed by atoms with E-state index in [4.69, 9.17) is 22.1 Å². The molecule has 118 valence electrons. The first-order chi connectivity index (χ1) is 10.1. The first-order valence-corrected chi connectivity index (χ1v) is 7.41. The average molecular weight is 497 g/mol. The standard InChI is InChI=1S/C15H15BrClN3O.HI/c1-21-14-5-3-2-4-13(14)20-15(18)19-9-10-6-7-11(16)8-12(10)17;/h2-8H,9H2,1H3,(H3,18,19,20);1H. The van der Waals surface area contributed by atoms with E-state index >= 15 is 0 Å². The Balaban J connectivity index is 0.00000242. The van der Waals surface area contributed by atoms with Crippen molar-refractivity contribution >= 4 is 63.2 Å². The Morgan fingerprint density at radius 2 is 2.05 bits per heavy atom. The van der Waals surface area contributed by atoms with Gasteiger partial charge in [0.1, 0.15) is 5.75 Å². The molecular formula is C15H16BrClIN3O. The van der Waals surface area contributed by atoms with Crippen LogP contribution in [-0.2, 0) is 6.54 Å². The maximum atomic E-state index is 6.14. The van der Waals surface area contributed by atoms with Crippen LogP contribution in [0.3, 0.4) is 0 Å². The van der Waals surface area contributed by atoms with Crippen molar-refractivity contribution in [1.82, 2.24) is 0 Å². The maximum absolute atomic E-state index is 6.14. The van der Waals surface area contributed by atoms with Crippen LogP contribution >= 0.6 is 51.5 Å². The van der Waals surface area contributed by atoms with Crippen LogP contribution in [0.4, 0.5) is 5.69 Å². The molecule has 0 aliphatic rings. The van der Waals surface area contributed by atoms with Crippen molar-refractivity contribution < 1.29 is 4.74 Å². The number of hydrogen-bond acceptors (Lipinski definition) is 2. The topological polar surface area (TPSA) is 59.6 Å². The van der Waals surface area contributed by atoms with Crippen molar-refractivity contribution in [3.8, 4) is 5.75 Å².